The van der Waals surface area contributed by atoms with Gasteiger partial charge in [0.25, 0.3) is 5.56 Å². The summed E-state index contributed by atoms with van der Waals surface area (Å²) in [6.07, 6.45) is 2.88. The summed E-state index contributed by atoms with van der Waals surface area (Å²) in [7, 11) is 0. The Bertz CT molecular complexity index is 1140. The first-order valence-corrected chi connectivity index (χ1v) is 7.41. The summed E-state index contributed by atoms with van der Waals surface area (Å²) in [5, 5.41) is 5.03. The lowest BCUT2D eigenvalue weighted by Gasteiger charge is -1.98. The molecule has 0 saturated heterocycles. The van der Waals surface area contributed by atoms with E-state index in [2.05, 4.69) is 15.1 Å². The van der Waals surface area contributed by atoms with E-state index in [1.165, 1.54) is 24.7 Å². The van der Waals surface area contributed by atoms with Crippen molar-refractivity contribution in [3.05, 3.63) is 76.1 Å². The fourth-order valence-electron chi connectivity index (χ4n) is 2.62. The van der Waals surface area contributed by atoms with Gasteiger partial charge < -0.3 is 4.98 Å². The predicted octanol–water partition coefficient (Wildman–Crippen LogP) is 3.21. The number of hydrogen-bond donors (Lipinski definition) is 1. The first-order chi connectivity index (χ1) is 11.6. The van der Waals surface area contributed by atoms with E-state index in [4.69, 9.17) is 0 Å². The van der Waals surface area contributed by atoms with Gasteiger partial charge in [0.05, 0.1) is 6.21 Å². The smallest absolute Gasteiger partial charge is 0.298 e. The molecule has 0 aliphatic heterocycles. The van der Waals surface area contributed by atoms with Crippen molar-refractivity contribution in [2.75, 3.05) is 0 Å². The van der Waals surface area contributed by atoms with Crippen molar-refractivity contribution >= 4 is 28.2 Å². The summed E-state index contributed by atoms with van der Waals surface area (Å²) in [5.74, 6) is -0.319. The van der Waals surface area contributed by atoms with Crippen LogP contribution >= 0.6 is 0 Å². The number of halogens is 1. The molecule has 24 heavy (non-hydrogen) atoms. The Morgan fingerprint density at radius 2 is 2.00 bits per heavy atom. The third-order valence-electron chi connectivity index (χ3n) is 3.85. The zero-order valence-electron chi connectivity index (χ0n) is 12.8. The number of aromatic amines is 1. The van der Waals surface area contributed by atoms with E-state index in [-0.39, 0.29) is 11.4 Å². The zero-order chi connectivity index (χ0) is 16.7. The molecule has 4 aromatic rings. The first kappa shape index (κ1) is 14.3. The van der Waals surface area contributed by atoms with Crippen LogP contribution in [0, 0.1) is 12.7 Å². The second-order valence-corrected chi connectivity index (χ2v) is 5.59. The standard InChI is InChI=1S/C18H13FN4O/c1-11-2-7-15-14(8-11)16-17(22-15)18(24)23(10-20-16)21-9-12-3-5-13(19)6-4-12/h2-10,22H,1H3. The fourth-order valence-corrected chi connectivity index (χ4v) is 2.62. The van der Waals surface area contributed by atoms with Gasteiger partial charge in [0, 0.05) is 10.9 Å². The van der Waals surface area contributed by atoms with Gasteiger partial charge in [-0.15, -0.1) is 0 Å². The van der Waals surface area contributed by atoms with E-state index in [0.717, 1.165) is 21.1 Å². The highest BCUT2D eigenvalue weighted by atomic mass is 19.1. The van der Waals surface area contributed by atoms with Crippen molar-refractivity contribution in [3.8, 4) is 0 Å². The highest BCUT2D eigenvalue weighted by molar-refractivity contribution is 6.04. The van der Waals surface area contributed by atoms with Crippen LogP contribution in [0.5, 0.6) is 0 Å². The second-order valence-electron chi connectivity index (χ2n) is 5.59. The van der Waals surface area contributed by atoms with E-state index >= 15 is 0 Å². The van der Waals surface area contributed by atoms with Crippen molar-refractivity contribution in [1.82, 2.24) is 14.6 Å². The molecule has 0 amide bonds. The summed E-state index contributed by atoms with van der Waals surface area (Å²) >= 11 is 0. The lowest BCUT2D eigenvalue weighted by Crippen LogP contribution is -2.17. The molecule has 5 nitrogen and oxygen atoms in total. The zero-order valence-corrected chi connectivity index (χ0v) is 12.8. The average Bonchev–Trinajstić information content (AvgIpc) is 2.95. The Kier molecular flexibility index (Phi) is 3.23. The Morgan fingerprint density at radius 1 is 1.21 bits per heavy atom. The molecule has 6 heteroatoms. The van der Waals surface area contributed by atoms with Crippen molar-refractivity contribution in [2.45, 2.75) is 6.92 Å². The van der Waals surface area contributed by atoms with E-state index in [0.29, 0.717) is 16.6 Å². The summed E-state index contributed by atoms with van der Waals surface area (Å²) in [6.45, 7) is 1.99. The van der Waals surface area contributed by atoms with Crippen LogP contribution in [0.1, 0.15) is 11.1 Å². The topological polar surface area (TPSA) is 63.0 Å². The van der Waals surface area contributed by atoms with E-state index in [1.807, 2.05) is 25.1 Å². The van der Waals surface area contributed by atoms with E-state index < -0.39 is 0 Å². The molecule has 0 aliphatic carbocycles. The van der Waals surface area contributed by atoms with Crippen molar-refractivity contribution in [3.63, 3.8) is 0 Å². The molecule has 0 radical (unpaired) electrons. The first-order valence-electron chi connectivity index (χ1n) is 7.41. The van der Waals surface area contributed by atoms with Crippen LogP contribution in [0.2, 0.25) is 0 Å². The predicted molar refractivity (Wildman–Crippen MR) is 92.0 cm³/mol. The number of benzene rings is 2. The van der Waals surface area contributed by atoms with Gasteiger partial charge in [-0.05, 0) is 36.8 Å². The number of aryl methyl sites for hydroxylation is 1. The van der Waals surface area contributed by atoms with Gasteiger partial charge in [0.15, 0.2) is 0 Å². The van der Waals surface area contributed by atoms with Gasteiger partial charge in [-0.25, -0.2) is 9.37 Å². The van der Waals surface area contributed by atoms with Gasteiger partial charge in [0.1, 0.15) is 23.2 Å². The number of aromatic nitrogens is 3. The van der Waals surface area contributed by atoms with Crippen molar-refractivity contribution in [2.24, 2.45) is 5.10 Å². The van der Waals surface area contributed by atoms with Crippen LogP contribution in [0.15, 0.2) is 58.7 Å². The van der Waals surface area contributed by atoms with Gasteiger partial charge >= 0.3 is 0 Å². The van der Waals surface area contributed by atoms with E-state index in [1.54, 1.807) is 12.1 Å². The minimum atomic E-state index is -0.319. The van der Waals surface area contributed by atoms with Crippen molar-refractivity contribution < 1.29 is 4.39 Å². The molecular weight excluding hydrogens is 307 g/mol. The third-order valence-corrected chi connectivity index (χ3v) is 3.85. The lowest BCUT2D eigenvalue weighted by molar-refractivity contribution is 0.628. The van der Waals surface area contributed by atoms with Crippen LogP contribution in [0.25, 0.3) is 21.9 Å². The molecule has 0 unspecified atom stereocenters. The minimum absolute atomic E-state index is 0.285. The SMILES string of the molecule is Cc1ccc2[nH]c3c(=O)n(N=Cc4ccc(F)cc4)cnc3c2c1. The molecule has 4 rings (SSSR count). The Morgan fingerprint density at radius 3 is 2.79 bits per heavy atom. The fraction of sp³-hybridized carbons (Fsp3) is 0.0556. The maximum Gasteiger partial charge on any atom is 0.298 e. The molecule has 0 spiro atoms. The number of rotatable bonds is 2. The normalized spacial score (nSPS) is 11.8. The molecule has 0 fully saturated rings. The third kappa shape index (κ3) is 2.38. The largest absolute Gasteiger partial charge is 0.349 e. The quantitative estimate of drug-likeness (QED) is 0.576. The maximum absolute atomic E-state index is 12.9. The number of nitrogens with zero attached hydrogens (tertiary/aromatic N) is 3. The number of hydrogen-bond acceptors (Lipinski definition) is 3. The Hall–Kier alpha value is -3.28. The number of H-pyrrole nitrogens is 1. The molecule has 2 aromatic heterocycles. The van der Waals surface area contributed by atoms with Crippen LogP contribution in [0.3, 0.4) is 0 Å². The highest BCUT2D eigenvalue weighted by Gasteiger charge is 2.10. The van der Waals surface area contributed by atoms with Gasteiger partial charge in [-0.1, -0.05) is 23.8 Å². The monoisotopic (exact) mass is 320 g/mol. The summed E-state index contributed by atoms with van der Waals surface area (Å²) in [5.41, 5.74) is 3.41. The lowest BCUT2D eigenvalue weighted by atomic mass is 10.2. The van der Waals surface area contributed by atoms with Crippen LogP contribution in [-0.4, -0.2) is 20.9 Å². The van der Waals surface area contributed by atoms with Crippen LogP contribution in [-0.2, 0) is 0 Å². The molecule has 2 aromatic carbocycles. The molecule has 1 N–H and O–H groups in total. The summed E-state index contributed by atoms with van der Waals surface area (Å²) < 4.78 is 14.1. The summed E-state index contributed by atoms with van der Waals surface area (Å²) in [6, 6.07) is 11.7. The summed E-state index contributed by atoms with van der Waals surface area (Å²) in [4.78, 5) is 20.0. The van der Waals surface area contributed by atoms with E-state index in [9.17, 15) is 9.18 Å². The maximum atomic E-state index is 12.9. The number of nitrogens with one attached hydrogen (secondary N) is 1. The molecule has 0 atom stereocenters. The molecule has 118 valence electrons. The molecule has 0 aliphatic rings. The average molecular weight is 320 g/mol. The number of fused-ring (bicyclic) bond motifs is 3. The van der Waals surface area contributed by atoms with Gasteiger partial charge in [-0.2, -0.15) is 9.78 Å². The minimum Gasteiger partial charge on any atom is -0.349 e. The molecular formula is C18H13FN4O. The van der Waals surface area contributed by atoms with Crippen LogP contribution < -0.4 is 5.56 Å². The highest BCUT2D eigenvalue weighted by Crippen LogP contribution is 2.22. The van der Waals surface area contributed by atoms with Gasteiger partial charge in [0.2, 0.25) is 0 Å². The molecule has 0 bridgehead atoms. The van der Waals surface area contributed by atoms with Crippen LogP contribution in [0.4, 0.5) is 4.39 Å². The molecule has 2 heterocycles. The Balaban J connectivity index is 1.82. The van der Waals surface area contributed by atoms with Gasteiger partial charge in [-0.3, -0.25) is 4.79 Å². The second kappa shape index (κ2) is 5.42. The Labute approximate surface area is 136 Å². The van der Waals surface area contributed by atoms with Crippen molar-refractivity contribution in [1.29, 1.82) is 0 Å². The molecule has 0 saturated carbocycles.